The number of primary amides is 1. The van der Waals surface area contributed by atoms with Crippen molar-refractivity contribution in [2.75, 3.05) is 13.2 Å². The van der Waals surface area contributed by atoms with Crippen LogP contribution < -0.4 is 38.1 Å². The van der Waals surface area contributed by atoms with Crippen LogP contribution >= 0.6 is 7.82 Å². The average molecular weight is 752 g/mol. The fourth-order valence-corrected chi connectivity index (χ4v) is 5.17. The highest BCUT2D eigenvalue weighted by Gasteiger charge is 2.36. The van der Waals surface area contributed by atoms with Gasteiger partial charge < -0.3 is 58.1 Å². The zero-order valence-corrected chi connectivity index (χ0v) is 28.7. The summed E-state index contributed by atoms with van der Waals surface area (Å²) in [4.78, 5) is 107. The van der Waals surface area contributed by atoms with Crippen LogP contribution in [-0.2, 0) is 55.5 Å². The molecule has 0 aromatic heterocycles. The Bertz CT molecular complexity index is 1610. The van der Waals surface area contributed by atoms with Crippen LogP contribution in [0.4, 0.5) is 0 Å². The molecule has 2 rings (SSSR count). The molecule has 6 atom stereocenters. The van der Waals surface area contributed by atoms with Gasteiger partial charge in [-0.1, -0.05) is 60.7 Å². The Balaban J connectivity index is 2.27. The van der Waals surface area contributed by atoms with E-state index in [4.69, 9.17) is 11.5 Å². The molecule has 284 valence electrons. The molecule has 0 unspecified atom stereocenters. The third kappa shape index (κ3) is 15.3. The van der Waals surface area contributed by atoms with Crippen LogP contribution in [0, 0.1) is 0 Å². The van der Waals surface area contributed by atoms with Gasteiger partial charge in [-0.2, -0.15) is 0 Å². The largest absolute Gasteiger partial charge is 0.480 e. The summed E-state index contributed by atoms with van der Waals surface area (Å²) in [5, 5.41) is 29.9. The van der Waals surface area contributed by atoms with Gasteiger partial charge in [0.25, 0.3) is 0 Å². The molecule has 0 aliphatic rings. The number of rotatable bonds is 21. The number of aliphatic hydroxyl groups is 1. The highest BCUT2D eigenvalue weighted by Crippen LogP contribution is 2.38. The molecule has 0 bridgehead atoms. The summed E-state index contributed by atoms with van der Waals surface area (Å²) in [5.74, 6) is -7.55. The molecule has 0 heterocycles. The molecule has 21 heteroatoms. The number of aliphatic hydroxyl groups excluding tert-OH is 1. The van der Waals surface area contributed by atoms with Gasteiger partial charge in [0.05, 0.1) is 31.7 Å². The molecule has 13 N–H and O–H groups in total. The SMILES string of the molecule is C[C@@H](OP(=O)(O)O)[C@H](NC(=O)CNC(=O)[C@H](Cc1ccccc1)NC(=O)[C@@H](N)CC(N)=O)C(=O)N[C@@H](Cc1ccccc1)C(=O)N[C@@H](CO)C(=O)O. The number of aliphatic carboxylic acids is 1. The molecular formula is C31H42N7O13P. The van der Waals surface area contributed by atoms with Gasteiger partial charge in [-0.3, -0.25) is 33.3 Å². The standard InChI is InChI=1S/C31H42N7O13P/c1-17(51-52(48,49)50)26(30(45)36-22(13-19-10-6-3-7-11-19)29(44)37-23(16-39)31(46)47)38-25(41)15-34-28(43)21(12-18-8-4-2-5-9-18)35-27(42)20(32)14-24(33)40/h2-11,17,20-23,26,39H,12-16,32H2,1H3,(H2,33,40)(H,34,43)(H,35,42)(H,36,45)(H,37,44)(H,38,41)(H,46,47)(H2,48,49,50)/t17-,20+,21+,22+,23+,26+/m1/s1. The highest BCUT2D eigenvalue weighted by atomic mass is 31.2. The molecule has 2 aromatic carbocycles. The first-order chi connectivity index (χ1) is 24.4. The fraction of sp³-hybridized carbons (Fsp3) is 0.387. The Hall–Kier alpha value is -5.24. The van der Waals surface area contributed by atoms with Crippen molar-refractivity contribution in [1.29, 1.82) is 0 Å². The Morgan fingerprint density at radius 1 is 0.750 bits per heavy atom. The lowest BCUT2D eigenvalue weighted by Gasteiger charge is -2.27. The van der Waals surface area contributed by atoms with E-state index in [2.05, 4.69) is 31.1 Å². The maximum atomic E-state index is 13.5. The first-order valence-corrected chi connectivity index (χ1v) is 17.1. The lowest BCUT2D eigenvalue weighted by Crippen LogP contribution is -2.60. The minimum Gasteiger partial charge on any atom is -0.480 e. The Morgan fingerprint density at radius 2 is 1.23 bits per heavy atom. The zero-order valence-electron chi connectivity index (χ0n) is 27.8. The smallest absolute Gasteiger partial charge is 0.469 e. The van der Waals surface area contributed by atoms with Crippen molar-refractivity contribution in [1.82, 2.24) is 26.6 Å². The molecule has 0 aliphatic heterocycles. The highest BCUT2D eigenvalue weighted by molar-refractivity contribution is 7.46. The molecule has 0 saturated heterocycles. The van der Waals surface area contributed by atoms with Crippen LogP contribution in [0.1, 0.15) is 24.5 Å². The van der Waals surface area contributed by atoms with Crippen molar-refractivity contribution < 1.29 is 62.7 Å². The number of phosphoric acid groups is 1. The van der Waals surface area contributed by atoms with Crippen LogP contribution in [0.25, 0.3) is 0 Å². The van der Waals surface area contributed by atoms with Gasteiger partial charge in [0, 0.05) is 12.8 Å². The van der Waals surface area contributed by atoms with Gasteiger partial charge in [-0.15, -0.1) is 0 Å². The van der Waals surface area contributed by atoms with Crippen LogP contribution in [-0.4, -0.2) is 111 Å². The molecule has 52 heavy (non-hydrogen) atoms. The number of phosphoric ester groups is 1. The topological polar surface area (TPSA) is 339 Å². The maximum Gasteiger partial charge on any atom is 0.469 e. The Morgan fingerprint density at radius 3 is 1.69 bits per heavy atom. The third-order valence-electron chi connectivity index (χ3n) is 7.18. The molecule has 0 fully saturated rings. The number of amides is 6. The first kappa shape index (κ1) is 42.9. The van der Waals surface area contributed by atoms with Crippen LogP contribution in [0.15, 0.2) is 60.7 Å². The summed E-state index contributed by atoms with van der Waals surface area (Å²) < 4.78 is 16.3. The van der Waals surface area contributed by atoms with E-state index in [9.17, 15) is 58.1 Å². The second-order valence-electron chi connectivity index (χ2n) is 11.4. The van der Waals surface area contributed by atoms with Crippen molar-refractivity contribution >= 4 is 49.2 Å². The maximum absolute atomic E-state index is 13.5. The molecule has 6 amide bonds. The number of nitrogens with two attached hydrogens (primary N) is 2. The molecule has 0 spiro atoms. The number of carboxylic acids is 1. The van der Waals surface area contributed by atoms with Gasteiger partial charge in [0.15, 0.2) is 0 Å². The molecule has 2 aromatic rings. The summed E-state index contributed by atoms with van der Waals surface area (Å²) in [6.07, 6.45) is -2.56. The quantitative estimate of drug-likeness (QED) is 0.0547. The number of hydrogen-bond donors (Lipinski definition) is 11. The summed E-state index contributed by atoms with van der Waals surface area (Å²) in [5.41, 5.74) is 11.9. The summed E-state index contributed by atoms with van der Waals surface area (Å²) in [7, 11) is -5.26. The third-order valence-corrected chi connectivity index (χ3v) is 7.79. The van der Waals surface area contributed by atoms with E-state index < -0.39 is 105 Å². The minimum absolute atomic E-state index is 0.0780. The number of benzene rings is 2. The van der Waals surface area contributed by atoms with Crippen molar-refractivity contribution in [3.8, 4) is 0 Å². The van der Waals surface area contributed by atoms with Gasteiger partial charge in [0.1, 0.15) is 24.2 Å². The van der Waals surface area contributed by atoms with E-state index in [-0.39, 0.29) is 12.8 Å². The second kappa shape index (κ2) is 20.6. The first-order valence-electron chi connectivity index (χ1n) is 15.6. The number of hydrogen-bond acceptors (Lipinski definition) is 11. The predicted octanol–water partition coefficient (Wildman–Crippen LogP) is -3.70. The molecule has 20 nitrogen and oxygen atoms in total. The molecule has 0 saturated carbocycles. The second-order valence-corrected chi connectivity index (χ2v) is 12.6. The van der Waals surface area contributed by atoms with Crippen molar-refractivity contribution in [3.63, 3.8) is 0 Å². The van der Waals surface area contributed by atoms with E-state index in [0.29, 0.717) is 11.1 Å². The molecule has 0 aliphatic carbocycles. The van der Waals surface area contributed by atoms with Crippen molar-refractivity contribution in [2.45, 2.75) is 62.5 Å². The van der Waals surface area contributed by atoms with Gasteiger partial charge in [-0.05, 0) is 18.1 Å². The van der Waals surface area contributed by atoms with Crippen molar-refractivity contribution in [3.05, 3.63) is 71.8 Å². The predicted molar refractivity (Wildman–Crippen MR) is 180 cm³/mol. The lowest BCUT2D eigenvalue weighted by atomic mass is 10.0. The van der Waals surface area contributed by atoms with Gasteiger partial charge in [-0.25, -0.2) is 9.36 Å². The normalized spacial score (nSPS) is 14.6. The van der Waals surface area contributed by atoms with Crippen LogP contribution in [0.2, 0.25) is 0 Å². The van der Waals surface area contributed by atoms with Crippen LogP contribution in [0.5, 0.6) is 0 Å². The average Bonchev–Trinajstić information content (AvgIpc) is 3.07. The van der Waals surface area contributed by atoms with E-state index in [1.807, 2.05) is 0 Å². The monoisotopic (exact) mass is 751 g/mol. The van der Waals surface area contributed by atoms with Crippen LogP contribution in [0.3, 0.4) is 0 Å². The summed E-state index contributed by atoms with van der Waals surface area (Å²) in [6.45, 7) is -0.799. The van der Waals surface area contributed by atoms with E-state index in [0.717, 1.165) is 6.92 Å². The van der Waals surface area contributed by atoms with Gasteiger partial charge in [0.2, 0.25) is 35.4 Å². The molecular weight excluding hydrogens is 709 g/mol. The number of carboxylic acid groups (broad SMARTS) is 1. The lowest BCUT2D eigenvalue weighted by molar-refractivity contribution is -0.143. The van der Waals surface area contributed by atoms with Crippen molar-refractivity contribution in [2.24, 2.45) is 11.5 Å². The summed E-state index contributed by atoms with van der Waals surface area (Å²) in [6, 6.07) is 8.59. The fourth-order valence-electron chi connectivity index (χ4n) is 4.61. The minimum atomic E-state index is -5.26. The van der Waals surface area contributed by atoms with E-state index in [1.165, 1.54) is 0 Å². The number of carbonyl (C=O) groups excluding carboxylic acids is 6. The Kier molecular flexibility index (Phi) is 17.0. The van der Waals surface area contributed by atoms with E-state index >= 15 is 0 Å². The zero-order chi connectivity index (χ0) is 39.0. The number of nitrogens with one attached hydrogen (secondary N) is 5. The Labute approximate surface area is 297 Å². The van der Waals surface area contributed by atoms with E-state index in [1.54, 1.807) is 60.7 Å². The molecule has 0 radical (unpaired) electrons. The van der Waals surface area contributed by atoms with Gasteiger partial charge >= 0.3 is 13.8 Å². The summed E-state index contributed by atoms with van der Waals surface area (Å²) >= 11 is 0. The number of carbonyl (C=O) groups is 7.